The molecule has 9 heteroatoms. The predicted octanol–water partition coefficient (Wildman–Crippen LogP) is 2.12. The number of aryl methyl sites for hydroxylation is 1. The van der Waals surface area contributed by atoms with Crippen molar-refractivity contribution in [3.63, 3.8) is 0 Å². The quantitative estimate of drug-likeness (QED) is 0.454. The number of hydrogen-bond donors (Lipinski definition) is 3. The lowest BCUT2D eigenvalue weighted by atomic mass is 10.1. The smallest absolute Gasteiger partial charge is 0.328 e. The second-order valence-corrected chi connectivity index (χ2v) is 6.59. The van der Waals surface area contributed by atoms with Gasteiger partial charge in [0.2, 0.25) is 5.91 Å². The Bertz CT molecular complexity index is 1330. The molecule has 0 aliphatic rings. The number of methoxy groups -OCH3 is 1. The number of amides is 1. The van der Waals surface area contributed by atoms with Crippen LogP contribution in [0.25, 0.3) is 22.2 Å². The number of carbonyl (C=O) groups excluding carboxylic acids is 1. The molecule has 2 heterocycles. The fourth-order valence-corrected chi connectivity index (χ4v) is 3.27. The van der Waals surface area contributed by atoms with Gasteiger partial charge in [-0.15, -0.1) is 0 Å². The van der Waals surface area contributed by atoms with Gasteiger partial charge in [-0.05, 0) is 24.3 Å². The van der Waals surface area contributed by atoms with Crippen molar-refractivity contribution in [2.45, 2.75) is 13.0 Å². The first-order chi connectivity index (χ1) is 14.6. The molecule has 0 atom stereocenters. The lowest BCUT2D eigenvalue weighted by molar-refractivity contribution is -0.116. The Hall–Kier alpha value is -4.14. The number of nitrogens with zero attached hydrogens (tertiary/aromatic N) is 2. The number of fused-ring (bicyclic) bond motifs is 1. The molecule has 2 aromatic carbocycles. The Kier molecular flexibility index (Phi) is 5.17. The number of ether oxygens (including phenoxy) is 1. The maximum Gasteiger partial charge on any atom is 0.328 e. The molecule has 0 saturated carbocycles. The number of anilines is 1. The maximum atomic E-state index is 12.4. The molecule has 4 aromatic rings. The topological polar surface area (TPSA) is 122 Å². The van der Waals surface area contributed by atoms with Crippen LogP contribution in [-0.2, 0) is 11.3 Å². The summed E-state index contributed by atoms with van der Waals surface area (Å²) in [5.74, 6) is 0.734. The van der Waals surface area contributed by atoms with Crippen molar-refractivity contribution in [3.05, 3.63) is 75.4 Å². The van der Waals surface area contributed by atoms with E-state index in [1.165, 1.54) is 4.57 Å². The second kappa shape index (κ2) is 8.08. The van der Waals surface area contributed by atoms with Crippen molar-refractivity contribution in [3.8, 4) is 17.0 Å². The molecule has 0 aliphatic carbocycles. The Balaban J connectivity index is 1.48. The van der Waals surface area contributed by atoms with Crippen LogP contribution in [0.15, 0.2) is 64.2 Å². The lowest BCUT2D eigenvalue weighted by Crippen LogP contribution is -2.31. The minimum absolute atomic E-state index is 0.0345. The molecule has 0 unspecified atom stereocenters. The molecule has 0 radical (unpaired) electrons. The molecule has 30 heavy (non-hydrogen) atoms. The molecule has 152 valence electrons. The van der Waals surface area contributed by atoms with Crippen molar-refractivity contribution >= 4 is 22.6 Å². The predicted molar refractivity (Wildman–Crippen MR) is 113 cm³/mol. The molecule has 2 aromatic heterocycles. The fourth-order valence-electron chi connectivity index (χ4n) is 3.27. The normalized spacial score (nSPS) is 10.8. The van der Waals surface area contributed by atoms with Crippen molar-refractivity contribution in [2.75, 3.05) is 12.4 Å². The molecular weight excluding hydrogens is 386 g/mol. The Morgan fingerprint density at radius 2 is 1.90 bits per heavy atom. The monoisotopic (exact) mass is 405 g/mol. The van der Waals surface area contributed by atoms with Gasteiger partial charge in [-0.2, -0.15) is 5.10 Å². The lowest BCUT2D eigenvalue weighted by Gasteiger charge is -2.09. The van der Waals surface area contributed by atoms with Gasteiger partial charge in [0.05, 0.1) is 23.7 Å². The van der Waals surface area contributed by atoms with Gasteiger partial charge >= 0.3 is 5.69 Å². The number of nitrogens with one attached hydrogen (secondary N) is 3. The van der Waals surface area contributed by atoms with Crippen LogP contribution in [0.3, 0.4) is 0 Å². The molecule has 3 N–H and O–H groups in total. The zero-order chi connectivity index (χ0) is 21.1. The van der Waals surface area contributed by atoms with Crippen molar-refractivity contribution < 1.29 is 9.53 Å². The van der Waals surface area contributed by atoms with E-state index in [1.54, 1.807) is 37.4 Å². The molecule has 4 rings (SSSR count). The van der Waals surface area contributed by atoms with Crippen LogP contribution in [0.5, 0.6) is 5.75 Å². The van der Waals surface area contributed by atoms with E-state index >= 15 is 0 Å². The summed E-state index contributed by atoms with van der Waals surface area (Å²) >= 11 is 0. The van der Waals surface area contributed by atoms with E-state index < -0.39 is 11.2 Å². The molecule has 9 nitrogen and oxygen atoms in total. The Morgan fingerprint density at radius 1 is 1.13 bits per heavy atom. The van der Waals surface area contributed by atoms with Crippen LogP contribution in [-0.4, -0.2) is 32.8 Å². The summed E-state index contributed by atoms with van der Waals surface area (Å²) in [6.07, 6.45) is 0.0345. The second-order valence-electron chi connectivity index (χ2n) is 6.59. The van der Waals surface area contributed by atoms with Crippen LogP contribution in [0.2, 0.25) is 0 Å². The number of rotatable bonds is 6. The average molecular weight is 405 g/mol. The molecule has 1 amide bonds. The summed E-state index contributed by atoms with van der Waals surface area (Å²) in [7, 11) is 1.58. The fraction of sp³-hybridized carbons (Fsp3) is 0.143. The van der Waals surface area contributed by atoms with Gasteiger partial charge in [-0.3, -0.25) is 24.2 Å². The minimum atomic E-state index is -0.551. The van der Waals surface area contributed by atoms with Gasteiger partial charge in [0.25, 0.3) is 5.56 Å². The minimum Gasteiger partial charge on any atom is -0.496 e. The maximum absolute atomic E-state index is 12.4. The van der Waals surface area contributed by atoms with Crippen molar-refractivity contribution in [1.82, 2.24) is 19.7 Å². The summed E-state index contributed by atoms with van der Waals surface area (Å²) < 4.78 is 6.72. The van der Waals surface area contributed by atoms with E-state index in [4.69, 9.17) is 4.74 Å². The number of benzene rings is 2. The van der Waals surface area contributed by atoms with E-state index in [0.29, 0.717) is 28.2 Å². The Morgan fingerprint density at radius 3 is 2.73 bits per heavy atom. The highest BCUT2D eigenvalue weighted by atomic mass is 16.5. The van der Waals surface area contributed by atoms with Crippen LogP contribution in [0.4, 0.5) is 5.82 Å². The first kappa shape index (κ1) is 19.2. The largest absolute Gasteiger partial charge is 0.496 e. The summed E-state index contributed by atoms with van der Waals surface area (Å²) in [6, 6.07) is 15.9. The van der Waals surface area contributed by atoms with Crippen LogP contribution < -0.4 is 21.3 Å². The average Bonchev–Trinajstić information content (AvgIpc) is 3.21. The summed E-state index contributed by atoms with van der Waals surface area (Å²) in [5, 5.41) is 10.1. The van der Waals surface area contributed by atoms with E-state index in [-0.39, 0.29) is 18.9 Å². The number of aromatic amines is 2. The number of H-pyrrole nitrogens is 2. The van der Waals surface area contributed by atoms with Gasteiger partial charge in [0, 0.05) is 24.6 Å². The molecule has 0 saturated heterocycles. The third-order valence-electron chi connectivity index (χ3n) is 4.71. The van der Waals surface area contributed by atoms with E-state index in [0.717, 1.165) is 5.56 Å². The first-order valence-corrected chi connectivity index (χ1v) is 9.27. The number of para-hydroxylation sites is 2. The van der Waals surface area contributed by atoms with Crippen LogP contribution >= 0.6 is 0 Å². The molecule has 0 aliphatic heterocycles. The Labute approximate surface area is 170 Å². The summed E-state index contributed by atoms with van der Waals surface area (Å²) in [5.41, 5.74) is 1.00. The van der Waals surface area contributed by atoms with E-state index in [1.807, 2.05) is 24.3 Å². The first-order valence-electron chi connectivity index (χ1n) is 9.27. The highest BCUT2D eigenvalue weighted by molar-refractivity contribution is 5.90. The zero-order valence-electron chi connectivity index (χ0n) is 16.1. The van der Waals surface area contributed by atoms with Gasteiger partial charge in [0.15, 0.2) is 5.82 Å². The third-order valence-corrected chi connectivity index (χ3v) is 4.71. The molecule has 0 bridgehead atoms. The summed E-state index contributed by atoms with van der Waals surface area (Å²) in [4.78, 5) is 38.8. The van der Waals surface area contributed by atoms with Crippen molar-refractivity contribution in [2.24, 2.45) is 0 Å². The van der Waals surface area contributed by atoms with Crippen LogP contribution in [0, 0.1) is 0 Å². The van der Waals surface area contributed by atoms with Gasteiger partial charge in [0.1, 0.15) is 5.75 Å². The third kappa shape index (κ3) is 3.72. The zero-order valence-corrected chi connectivity index (χ0v) is 16.1. The van der Waals surface area contributed by atoms with E-state index in [9.17, 15) is 14.4 Å². The van der Waals surface area contributed by atoms with Gasteiger partial charge in [-0.25, -0.2) is 4.79 Å². The van der Waals surface area contributed by atoms with Crippen LogP contribution in [0.1, 0.15) is 6.42 Å². The van der Waals surface area contributed by atoms with Gasteiger partial charge < -0.3 is 10.1 Å². The number of carbonyl (C=O) groups is 1. The highest BCUT2D eigenvalue weighted by Crippen LogP contribution is 2.29. The highest BCUT2D eigenvalue weighted by Gasteiger charge is 2.12. The standard InChI is InChI=1S/C21H19N5O4/c1-30-17-9-5-3-6-13(17)15-12-18(25-24-15)22-19(27)10-11-26-16-8-4-2-7-14(16)20(28)23-21(26)29/h2-9,12H,10-11H2,1H3,(H,23,28,29)(H2,22,24,25,27). The van der Waals surface area contributed by atoms with E-state index in [2.05, 4.69) is 20.5 Å². The molecule has 0 fully saturated rings. The van der Waals surface area contributed by atoms with Crippen molar-refractivity contribution in [1.29, 1.82) is 0 Å². The number of aromatic nitrogens is 4. The SMILES string of the molecule is COc1ccccc1-c1cc(NC(=O)CCn2c(=O)[nH]c(=O)c3ccccc32)n[nH]1. The summed E-state index contributed by atoms with van der Waals surface area (Å²) in [6.45, 7) is 0.117. The number of hydrogen-bond acceptors (Lipinski definition) is 5. The van der Waals surface area contributed by atoms with Gasteiger partial charge in [-0.1, -0.05) is 24.3 Å². The molecular formula is C21H19N5O4. The molecule has 0 spiro atoms.